The van der Waals surface area contributed by atoms with Gasteiger partial charge in [0.2, 0.25) is 11.8 Å². The lowest BCUT2D eigenvalue weighted by Gasteiger charge is -2.33. The van der Waals surface area contributed by atoms with Crippen LogP contribution in [0.4, 0.5) is 13.2 Å². The minimum Gasteiger partial charge on any atom is -0.352 e. The third-order valence-electron chi connectivity index (χ3n) is 4.84. The Morgan fingerprint density at radius 2 is 1.96 bits per heavy atom. The first-order valence-electron chi connectivity index (χ1n) is 9.14. The number of benzene rings is 1. The molecule has 1 aromatic rings. The Morgan fingerprint density at radius 3 is 2.56 bits per heavy atom. The van der Waals surface area contributed by atoms with Gasteiger partial charge >= 0.3 is 6.18 Å². The van der Waals surface area contributed by atoms with Crippen LogP contribution in [0.1, 0.15) is 43.7 Å². The zero-order valence-corrected chi connectivity index (χ0v) is 15.4. The second-order valence-corrected chi connectivity index (χ2v) is 7.07. The van der Waals surface area contributed by atoms with E-state index in [-0.39, 0.29) is 18.4 Å². The Hall–Kier alpha value is -2.09. The van der Waals surface area contributed by atoms with Crippen LogP contribution in [0.5, 0.6) is 0 Å². The quantitative estimate of drug-likeness (QED) is 0.791. The number of likely N-dealkylation sites (tertiary alicyclic amines) is 1. The molecule has 1 saturated heterocycles. The van der Waals surface area contributed by atoms with Crippen molar-refractivity contribution in [1.29, 1.82) is 0 Å². The number of amides is 2. The number of nitrogens with zero attached hydrogens (tertiary/aromatic N) is 1. The maximum atomic E-state index is 12.7. The normalized spacial score (nSPS) is 16.9. The van der Waals surface area contributed by atoms with Crippen LogP contribution in [0, 0.1) is 5.92 Å². The fraction of sp³-hybridized carbons (Fsp3) is 0.579. The van der Waals surface area contributed by atoms with Gasteiger partial charge in [-0.25, -0.2) is 0 Å². The highest BCUT2D eigenvalue weighted by molar-refractivity contribution is 5.81. The minimum atomic E-state index is -4.39. The van der Waals surface area contributed by atoms with Gasteiger partial charge in [-0.15, -0.1) is 0 Å². The number of halogens is 3. The van der Waals surface area contributed by atoms with Crippen LogP contribution in [0.25, 0.3) is 0 Å². The van der Waals surface area contributed by atoms with Crippen LogP contribution >= 0.6 is 0 Å². The highest BCUT2D eigenvalue weighted by Gasteiger charge is 2.30. The summed E-state index contributed by atoms with van der Waals surface area (Å²) >= 11 is 0. The summed E-state index contributed by atoms with van der Waals surface area (Å²) in [4.78, 5) is 25.6. The second-order valence-electron chi connectivity index (χ2n) is 7.07. The molecule has 1 aromatic carbocycles. The summed E-state index contributed by atoms with van der Waals surface area (Å²) in [6, 6.07) is 4.45. The molecule has 27 heavy (non-hydrogen) atoms. The number of hydrogen-bond acceptors (Lipinski definition) is 3. The Morgan fingerprint density at radius 1 is 1.30 bits per heavy atom. The second kappa shape index (κ2) is 9.21. The summed E-state index contributed by atoms with van der Waals surface area (Å²) in [7, 11) is 0. The Kier molecular flexibility index (Phi) is 7.24. The standard InChI is InChI=1S/C19H26F3N3O2/c1-13(23)18(27)25-9-7-14(8-10-25)5-6-17(26)24-12-15-3-2-4-16(11-15)19(20,21)22/h2-4,11,13-14H,5-10,12,23H2,1H3,(H,24,26)/t13-/m1/s1. The molecule has 3 N–H and O–H groups in total. The van der Waals surface area contributed by atoms with Gasteiger partial charge in [0.1, 0.15) is 0 Å². The Bertz CT molecular complexity index is 654. The maximum absolute atomic E-state index is 12.7. The van der Waals surface area contributed by atoms with Gasteiger partial charge in [-0.3, -0.25) is 9.59 Å². The van der Waals surface area contributed by atoms with E-state index in [1.54, 1.807) is 17.9 Å². The van der Waals surface area contributed by atoms with Crippen molar-refractivity contribution in [1.82, 2.24) is 10.2 Å². The molecular weight excluding hydrogens is 359 g/mol. The molecule has 8 heteroatoms. The van der Waals surface area contributed by atoms with Crippen molar-refractivity contribution in [3.8, 4) is 0 Å². The van der Waals surface area contributed by atoms with E-state index in [1.165, 1.54) is 6.07 Å². The molecule has 0 saturated carbocycles. The molecule has 1 aliphatic heterocycles. The summed E-state index contributed by atoms with van der Waals surface area (Å²) in [6.45, 7) is 3.04. The number of nitrogens with two attached hydrogens (primary N) is 1. The smallest absolute Gasteiger partial charge is 0.352 e. The molecule has 2 rings (SSSR count). The number of carbonyl (C=O) groups excluding carboxylic acids is 2. The molecule has 0 bridgehead atoms. The topological polar surface area (TPSA) is 75.4 Å². The highest BCUT2D eigenvalue weighted by Crippen LogP contribution is 2.29. The lowest BCUT2D eigenvalue weighted by atomic mass is 9.92. The molecule has 5 nitrogen and oxygen atoms in total. The molecule has 2 amide bonds. The molecule has 0 aliphatic carbocycles. The van der Waals surface area contributed by atoms with Gasteiger partial charge < -0.3 is 16.0 Å². The molecule has 1 aliphatic rings. The van der Waals surface area contributed by atoms with Crippen LogP contribution in [0.3, 0.4) is 0 Å². The van der Waals surface area contributed by atoms with E-state index in [4.69, 9.17) is 5.73 Å². The van der Waals surface area contributed by atoms with E-state index in [2.05, 4.69) is 5.32 Å². The molecule has 0 aromatic heterocycles. The summed E-state index contributed by atoms with van der Waals surface area (Å²) in [6.07, 6.45) is -1.70. The summed E-state index contributed by atoms with van der Waals surface area (Å²) in [5.41, 5.74) is 5.31. The molecular formula is C19H26F3N3O2. The number of carbonyl (C=O) groups is 2. The van der Waals surface area contributed by atoms with Crippen molar-refractivity contribution in [3.05, 3.63) is 35.4 Å². The molecule has 150 valence electrons. The van der Waals surface area contributed by atoms with Crippen molar-refractivity contribution >= 4 is 11.8 Å². The van der Waals surface area contributed by atoms with Gasteiger partial charge in [-0.05, 0) is 49.8 Å². The molecule has 0 unspecified atom stereocenters. The van der Waals surface area contributed by atoms with E-state index in [1.807, 2.05) is 0 Å². The van der Waals surface area contributed by atoms with Crippen molar-refractivity contribution in [3.63, 3.8) is 0 Å². The third kappa shape index (κ3) is 6.53. The van der Waals surface area contributed by atoms with Crippen LogP contribution < -0.4 is 11.1 Å². The van der Waals surface area contributed by atoms with E-state index in [0.29, 0.717) is 37.4 Å². The summed E-state index contributed by atoms with van der Waals surface area (Å²) in [5, 5.41) is 2.67. The predicted octanol–water partition coefficient (Wildman–Crippen LogP) is 2.69. The van der Waals surface area contributed by atoms with Crippen molar-refractivity contribution in [2.45, 2.75) is 51.4 Å². The fourth-order valence-corrected chi connectivity index (χ4v) is 3.21. The zero-order chi connectivity index (χ0) is 20.0. The van der Waals surface area contributed by atoms with Gasteiger partial charge in [0.05, 0.1) is 11.6 Å². The zero-order valence-electron chi connectivity index (χ0n) is 15.4. The van der Waals surface area contributed by atoms with Gasteiger partial charge in [0, 0.05) is 26.1 Å². The molecule has 0 radical (unpaired) electrons. The number of rotatable bonds is 6. The van der Waals surface area contributed by atoms with Crippen molar-refractivity contribution < 1.29 is 22.8 Å². The number of alkyl halides is 3. The lowest BCUT2D eigenvalue weighted by Crippen LogP contribution is -2.46. The minimum absolute atomic E-state index is 0.0488. The molecule has 1 heterocycles. The first-order chi connectivity index (χ1) is 12.7. The van der Waals surface area contributed by atoms with E-state index in [0.717, 1.165) is 25.0 Å². The van der Waals surface area contributed by atoms with Gasteiger partial charge in [-0.2, -0.15) is 13.2 Å². The van der Waals surface area contributed by atoms with Crippen LogP contribution in [-0.2, 0) is 22.3 Å². The van der Waals surface area contributed by atoms with Crippen molar-refractivity contribution in [2.24, 2.45) is 11.7 Å². The molecule has 0 spiro atoms. The highest BCUT2D eigenvalue weighted by atomic mass is 19.4. The first-order valence-corrected chi connectivity index (χ1v) is 9.14. The van der Waals surface area contributed by atoms with E-state index < -0.39 is 17.8 Å². The molecule has 1 atom stereocenters. The summed E-state index contributed by atoms with van der Waals surface area (Å²) in [5.74, 6) is 0.134. The maximum Gasteiger partial charge on any atom is 0.416 e. The van der Waals surface area contributed by atoms with Crippen LogP contribution in [0.2, 0.25) is 0 Å². The monoisotopic (exact) mass is 385 g/mol. The number of hydrogen-bond donors (Lipinski definition) is 2. The summed E-state index contributed by atoms with van der Waals surface area (Å²) < 4.78 is 38.1. The lowest BCUT2D eigenvalue weighted by molar-refractivity contribution is -0.137. The average molecular weight is 385 g/mol. The largest absolute Gasteiger partial charge is 0.416 e. The van der Waals surface area contributed by atoms with E-state index in [9.17, 15) is 22.8 Å². The van der Waals surface area contributed by atoms with Crippen molar-refractivity contribution in [2.75, 3.05) is 13.1 Å². The van der Waals surface area contributed by atoms with E-state index >= 15 is 0 Å². The van der Waals surface area contributed by atoms with Crippen LogP contribution in [0.15, 0.2) is 24.3 Å². The van der Waals surface area contributed by atoms with Gasteiger partial charge in [0.15, 0.2) is 0 Å². The fourth-order valence-electron chi connectivity index (χ4n) is 3.21. The Balaban J connectivity index is 1.71. The third-order valence-corrected chi connectivity index (χ3v) is 4.84. The predicted molar refractivity (Wildman–Crippen MR) is 95.5 cm³/mol. The number of nitrogens with one attached hydrogen (secondary N) is 1. The Labute approximate surface area is 157 Å². The van der Waals surface area contributed by atoms with Crippen LogP contribution in [-0.4, -0.2) is 35.8 Å². The SMILES string of the molecule is C[C@@H](N)C(=O)N1CCC(CCC(=O)NCc2cccc(C(F)(F)F)c2)CC1. The first kappa shape index (κ1) is 21.2. The average Bonchev–Trinajstić information content (AvgIpc) is 2.64. The molecule has 1 fully saturated rings. The van der Waals surface area contributed by atoms with Gasteiger partial charge in [-0.1, -0.05) is 12.1 Å². The van der Waals surface area contributed by atoms with Gasteiger partial charge in [0.25, 0.3) is 0 Å². The number of piperidine rings is 1.